The van der Waals surface area contributed by atoms with Crippen molar-refractivity contribution in [2.45, 2.75) is 6.10 Å². The number of aromatic amines is 1. The fourth-order valence-corrected chi connectivity index (χ4v) is 3.02. The number of H-pyrrole nitrogens is 1. The quantitative estimate of drug-likeness (QED) is 0.771. The molecule has 0 bridgehead atoms. The number of hydrogen-bond acceptors (Lipinski definition) is 6. The molecule has 0 radical (unpaired) electrons. The lowest BCUT2D eigenvalue weighted by molar-refractivity contribution is -0.0247. The van der Waals surface area contributed by atoms with Gasteiger partial charge < -0.3 is 19.5 Å². The zero-order chi connectivity index (χ0) is 18.1. The molecule has 1 fully saturated rings. The van der Waals surface area contributed by atoms with Crippen LogP contribution in [0.15, 0.2) is 36.8 Å². The molecule has 1 saturated heterocycles. The lowest BCUT2D eigenvalue weighted by Crippen LogP contribution is -2.42. The van der Waals surface area contributed by atoms with Gasteiger partial charge in [-0.25, -0.2) is 15.0 Å². The zero-order valence-corrected chi connectivity index (χ0v) is 14.7. The lowest BCUT2D eigenvalue weighted by atomic mass is 10.1. The number of amides is 1. The van der Waals surface area contributed by atoms with Crippen molar-refractivity contribution in [1.29, 1.82) is 0 Å². The number of morpholine rings is 1. The predicted molar refractivity (Wildman–Crippen MR) is 97.0 cm³/mol. The summed E-state index contributed by atoms with van der Waals surface area (Å²) in [4.78, 5) is 32.6. The number of imidazole rings is 1. The fraction of sp³-hybridized carbons (Fsp3) is 0.333. The number of nitrogens with one attached hydrogen (secondary N) is 1. The van der Waals surface area contributed by atoms with E-state index < -0.39 is 0 Å². The molecule has 1 N–H and O–H groups in total. The van der Waals surface area contributed by atoms with Gasteiger partial charge in [0, 0.05) is 32.4 Å². The topological polar surface area (TPSA) is 87.2 Å². The number of rotatable bonds is 3. The number of aromatic nitrogens is 4. The van der Waals surface area contributed by atoms with Crippen LogP contribution in [0.5, 0.6) is 0 Å². The van der Waals surface area contributed by atoms with E-state index in [-0.39, 0.29) is 12.0 Å². The van der Waals surface area contributed by atoms with Gasteiger partial charge in [0.25, 0.3) is 5.91 Å². The molecule has 0 spiro atoms. The number of carbonyl (C=O) groups is 1. The number of carbonyl (C=O) groups excluding carboxylic acids is 1. The van der Waals surface area contributed by atoms with E-state index in [9.17, 15) is 4.79 Å². The number of nitrogens with zero attached hydrogens (tertiary/aromatic N) is 5. The molecule has 3 heterocycles. The van der Waals surface area contributed by atoms with Crippen LogP contribution in [-0.4, -0.2) is 64.5 Å². The normalized spacial score (nSPS) is 17.5. The Balaban J connectivity index is 1.54. The Hall–Kier alpha value is -3.00. The maximum atomic E-state index is 12.9. The summed E-state index contributed by atoms with van der Waals surface area (Å²) < 4.78 is 5.85. The molecule has 26 heavy (non-hydrogen) atoms. The Morgan fingerprint density at radius 3 is 3.04 bits per heavy atom. The smallest absolute Gasteiger partial charge is 0.254 e. The second-order valence-corrected chi connectivity index (χ2v) is 6.42. The van der Waals surface area contributed by atoms with Crippen molar-refractivity contribution in [1.82, 2.24) is 24.8 Å². The number of anilines is 1. The van der Waals surface area contributed by atoms with E-state index in [1.807, 2.05) is 48.2 Å². The number of fused-ring (bicyclic) bond motifs is 1. The van der Waals surface area contributed by atoms with Crippen molar-refractivity contribution in [2.24, 2.45) is 0 Å². The lowest BCUT2D eigenvalue weighted by Gasteiger charge is -2.33. The van der Waals surface area contributed by atoms with Gasteiger partial charge in [-0.3, -0.25) is 4.79 Å². The Labute approximate surface area is 150 Å². The Bertz CT molecular complexity index is 938. The monoisotopic (exact) mass is 352 g/mol. The summed E-state index contributed by atoms with van der Waals surface area (Å²) in [6.07, 6.45) is 3.08. The van der Waals surface area contributed by atoms with Crippen molar-refractivity contribution in [3.8, 4) is 0 Å². The molecule has 1 aliphatic heterocycles. The third kappa shape index (κ3) is 3.11. The second-order valence-electron chi connectivity index (χ2n) is 6.42. The van der Waals surface area contributed by atoms with Crippen LogP contribution in [-0.2, 0) is 4.74 Å². The molecule has 1 amide bonds. The van der Waals surface area contributed by atoms with E-state index in [1.54, 1.807) is 12.5 Å². The first-order valence-electron chi connectivity index (χ1n) is 8.46. The predicted octanol–water partition coefficient (Wildman–Crippen LogP) is 1.63. The molecule has 0 saturated carbocycles. The van der Waals surface area contributed by atoms with Crippen molar-refractivity contribution in [3.63, 3.8) is 0 Å². The first kappa shape index (κ1) is 16.5. The molecule has 134 valence electrons. The molecule has 1 aromatic carbocycles. The third-order valence-electron chi connectivity index (χ3n) is 4.42. The Kier molecular flexibility index (Phi) is 4.26. The Morgan fingerprint density at radius 1 is 1.31 bits per heavy atom. The van der Waals surface area contributed by atoms with E-state index in [2.05, 4.69) is 19.9 Å². The van der Waals surface area contributed by atoms with E-state index in [4.69, 9.17) is 4.74 Å². The third-order valence-corrected chi connectivity index (χ3v) is 4.42. The summed E-state index contributed by atoms with van der Waals surface area (Å²) >= 11 is 0. The SMILES string of the molecule is CN(C)c1nccc(C2CN(C(=O)c3ccc4nc[nH]c4c3)CCO2)n1. The Morgan fingerprint density at radius 2 is 2.19 bits per heavy atom. The fourth-order valence-electron chi connectivity index (χ4n) is 3.02. The molecule has 3 aromatic rings. The molecule has 1 aliphatic rings. The van der Waals surface area contributed by atoms with Crippen LogP contribution in [0.2, 0.25) is 0 Å². The van der Waals surface area contributed by atoms with Gasteiger partial charge in [-0.2, -0.15) is 0 Å². The summed E-state index contributed by atoms with van der Waals surface area (Å²) in [5.74, 6) is 0.607. The van der Waals surface area contributed by atoms with Gasteiger partial charge in [0.05, 0.1) is 36.2 Å². The van der Waals surface area contributed by atoms with Crippen LogP contribution in [0.3, 0.4) is 0 Å². The van der Waals surface area contributed by atoms with Crippen molar-refractivity contribution in [2.75, 3.05) is 38.7 Å². The van der Waals surface area contributed by atoms with Crippen molar-refractivity contribution in [3.05, 3.63) is 48.0 Å². The minimum absolute atomic E-state index is 0.0170. The minimum atomic E-state index is -0.259. The van der Waals surface area contributed by atoms with Crippen LogP contribution in [0, 0.1) is 0 Å². The van der Waals surface area contributed by atoms with E-state index in [0.717, 1.165) is 16.7 Å². The van der Waals surface area contributed by atoms with Crippen LogP contribution < -0.4 is 4.90 Å². The summed E-state index contributed by atoms with van der Waals surface area (Å²) in [5, 5.41) is 0. The minimum Gasteiger partial charge on any atom is -0.368 e. The van der Waals surface area contributed by atoms with E-state index in [0.29, 0.717) is 31.2 Å². The zero-order valence-electron chi connectivity index (χ0n) is 14.7. The second kappa shape index (κ2) is 6.72. The maximum absolute atomic E-state index is 12.9. The standard InChI is InChI=1S/C18H20N6O2/c1-23(2)18-19-6-5-14(22-18)16-10-24(7-8-26-16)17(25)12-3-4-13-15(9-12)21-11-20-13/h3-6,9,11,16H,7-8,10H2,1-2H3,(H,20,21). The molecule has 1 unspecified atom stereocenters. The van der Waals surface area contributed by atoms with Crippen molar-refractivity contribution >= 4 is 22.9 Å². The first-order chi connectivity index (χ1) is 12.6. The number of hydrogen-bond donors (Lipinski definition) is 1. The van der Waals surface area contributed by atoms with Crippen LogP contribution >= 0.6 is 0 Å². The molecule has 8 nitrogen and oxygen atoms in total. The largest absolute Gasteiger partial charge is 0.368 e. The first-order valence-corrected chi connectivity index (χ1v) is 8.46. The van der Waals surface area contributed by atoms with Crippen LogP contribution in [0.4, 0.5) is 5.95 Å². The summed E-state index contributed by atoms with van der Waals surface area (Å²) in [7, 11) is 3.78. The van der Waals surface area contributed by atoms with Crippen molar-refractivity contribution < 1.29 is 9.53 Å². The van der Waals surface area contributed by atoms with Gasteiger partial charge in [-0.1, -0.05) is 0 Å². The highest BCUT2D eigenvalue weighted by Gasteiger charge is 2.27. The maximum Gasteiger partial charge on any atom is 0.254 e. The van der Waals surface area contributed by atoms with Crippen LogP contribution in [0.1, 0.15) is 22.2 Å². The van der Waals surface area contributed by atoms with Gasteiger partial charge in [-0.05, 0) is 24.3 Å². The molecular formula is C18H20N6O2. The summed E-state index contributed by atoms with van der Waals surface area (Å²) in [6.45, 7) is 1.50. The highest BCUT2D eigenvalue weighted by Crippen LogP contribution is 2.23. The van der Waals surface area contributed by atoms with Gasteiger partial charge in [0.1, 0.15) is 6.10 Å². The molecule has 2 aromatic heterocycles. The van der Waals surface area contributed by atoms with E-state index >= 15 is 0 Å². The van der Waals surface area contributed by atoms with Crippen LogP contribution in [0.25, 0.3) is 11.0 Å². The van der Waals surface area contributed by atoms with E-state index in [1.165, 1.54) is 0 Å². The van der Waals surface area contributed by atoms with Gasteiger partial charge in [0.2, 0.25) is 5.95 Å². The summed E-state index contributed by atoms with van der Waals surface area (Å²) in [6, 6.07) is 7.34. The average molecular weight is 352 g/mol. The molecule has 0 aliphatic carbocycles. The molecule has 4 rings (SSSR count). The van der Waals surface area contributed by atoms with Gasteiger partial charge in [0.15, 0.2) is 0 Å². The highest BCUT2D eigenvalue weighted by molar-refractivity contribution is 5.97. The summed E-state index contributed by atoms with van der Waals surface area (Å²) in [5.41, 5.74) is 3.12. The number of ether oxygens (including phenoxy) is 1. The van der Waals surface area contributed by atoms with Gasteiger partial charge in [-0.15, -0.1) is 0 Å². The molecular weight excluding hydrogens is 332 g/mol. The number of benzene rings is 1. The average Bonchev–Trinajstić information content (AvgIpc) is 3.15. The van der Waals surface area contributed by atoms with Gasteiger partial charge >= 0.3 is 0 Å². The molecule has 8 heteroatoms. The highest BCUT2D eigenvalue weighted by atomic mass is 16.5. The molecule has 1 atom stereocenters.